The Hall–Kier alpha value is -1.89. The van der Waals surface area contributed by atoms with Crippen LogP contribution in [0.1, 0.15) is 38.7 Å². The molecule has 0 saturated heterocycles. The van der Waals surface area contributed by atoms with Gasteiger partial charge in [0.25, 0.3) is 0 Å². The van der Waals surface area contributed by atoms with Gasteiger partial charge in [-0.1, -0.05) is 19.1 Å². The zero-order valence-electron chi connectivity index (χ0n) is 10.8. The number of hydrogen-bond donors (Lipinski definition) is 1. The van der Waals surface area contributed by atoms with Gasteiger partial charge in [0.05, 0.1) is 6.07 Å². The Morgan fingerprint density at radius 1 is 1.44 bits per heavy atom. The average Bonchev–Trinajstić information content (AvgIpc) is 2.29. The number of carbonyl (C=O) groups excluding carboxylic acids is 1. The standard InChI is InChI=1S/C14H17FN2O/c1-10(11-4-6-12(15)7-5-11)8-13(18)17-14(2,3)9-16/h4-7,10H,8H2,1-3H3,(H,17,18). The van der Waals surface area contributed by atoms with Crippen LogP contribution in [0.5, 0.6) is 0 Å². The van der Waals surface area contributed by atoms with Crippen LogP contribution in [0.25, 0.3) is 0 Å². The summed E-state index contributed by atoms with van der Waals surface area (Å²) in [6.07, 6.45) is 0.275. The lowest BCUT2D eigenvalue weighted by Crippen LogP contribution is -2.42. The fraction of sp³-hybridized carbons (Fsp3) is 0.429. The number of hydrogen-bond acceptors (Lipinski definition) is 2. The number of rotatable bonds is 4. The molecule has 0 spiro atoms. The molecule has 0 radical (unpaired) electrons. The number of nitrogens with zero attached hydrogens (tertiary/aromatic N) is 1. The van der Waals surface area contributed by atoms with Crippen LogP contribution in [0, 0.1) is 17.1 Å². The lowest BCUT2D eigenvalue weighted by atomic mass is 9.96. The van der Waals surface area contributed by atoms with Crippen molar-refractivity contribution < 1.29 is 9.18 Å². The maximum Gasteiger partial charge on any atom is 0.221 e. The summed E-state index contributed by atoms with van der Waals surface area (Å²) in [6.45, 7) is 5.19. The molecule has 1 amide bonds. The Morgan fingerprint density at radius 3 is 2.50 bits per heavy atom. The first kappa shape index (κ1) is 14.2. The zero-order valence-corrected chi connectivity index (χ0v) is 10.8. The number of benzene rings is 1. The largest absolute Gasteiger partial charge is 0.338 e. The monoisotopic (exact) mass is 248 g/mol. The van der Waals surface area contributed by atoms with Crippen molar-refractivity contribution >= 4 is 5.91 Å². The van der Waals surface area contributed by atoms with Crippen LogP contribution < -0.4 is 5.32 Å². The Morgan fingerprint density at radius 2 is 2.00 bits per heavy atom. The zero-order chi connectivity index (χ0) is 13.8. The molecule has 4 heteroatoms. The minimum atomic E-state index is -0.862. The van der Waals surface area contributed by atoms with Crippen LogP contribution in [-0.2, 0) is 4.79 Å². The van der Waals surface area contributed by atoms with E-state index in [2.05, 4.69) is 5.32 Å². The highest BCUT2D eigenvalue weighted by atomic mass is 19.1. The normalized spacial score (nSPS) is 12.6. The molecule has 0 fully saturated rings. The SMILES string of the molecule is CC(CC(=O)NC(C)(C)C#N)c1ccc(F)cc1. The maximum atomic E-state index is 12.8. The van der Waals surface area contributed by atoms with Crippen molar-refractivity contribution in [2.24, 2.45) is 0 Å². The summed E-state index contributed by atoms with van der Waals surface area (Å²) in [5.41, 5.74) is 0.0425. The van der Waals surface area contributed by atoms with Gasteiger partial charge in [-0.2, -0.15) is 5.26 Å². The first-order valence-corrected chi connectivity index (χ1v) is 5.82. The van der Waals surface area contributed by atoms with Crippen LogP contribution in [0.15, 0.2) is 24.3 Å². The molecule has 0 bridgehead atoms. The van der Waals surface area contributed by atoms with E-state index in [-0.39, 0.29) is 24.1 Å². The summed E-state index contributed by atoms with van der Waals surface area (Å²) in [7, 11) is 0. The minimum Gasteiger partial charge on any atom is -0.338 e. The van der Waals surface area contributed by atoms with Crippen molar-refractivity contribution in [1.82, 2.24) is 5.32 Å². The Labute approximate surface area is 107 Å². The van der Waals surface area contributed by atoms with E-state index in [1.165, 1.54) is 12.1 Å². The van der Waals surface area contributed by atoms with Crippen molar-refractivity contribution in [3.05, 3.63) is 35.6 Å². The summed E-state index contributed by atoms with van der Waals surface area (Å²) in [5.74, 6) is -0.487. The van der Waals surface area contributed by atoms with Crippen molar-refractivity contribution in [2.45, 2.75) is 38.6 Å². The van der Waals surface area contributed by atoms with Gasteiger partial charge in [0, 0.05) is 6.42 Å². The van der Waals surface area contributed by atoms with Gasteiger partial charge in [-0.25, -0.2) is 4.39 Å². The van der Waals surface area contributed by atoms with Gasteiger partial charge in [-0.3, -0.25) is 4.79 Å². The van der Waals surface area contributed by atoms with Crippen molar-refractivity contribution in [1.29, 1.82) is 5.26 Å². The molecule has 0 aromatic heterocycles. The molecule has 18 heavy (non-hydrogen) atoms. The predicted molar refractivity (Wildman–Crippen MR) is 67.3 cm³/mol. The molecular formula is C14H17FN2O. The second kappa shape index (κ2) is 5.63. The van der Waals surface area contributed by atoms with Crippen LogP contribution in [0.4, 0.5) is 4.39 Å². The Balaban J connectivity index is 2.60. The van der Waals surface area contributed by atoms with E-state index in [0.717, 1.165) is 5.56 Å². The summed E-state index contributed by atoms with van der Waals surface area (Å²) in [5, 5.41) is 11.5. The second-order valence-electron chi connectivity index (χ2n) is 4.94. The Bertz CT molecular complexity index is 460. The van der Waals surface area contributed by atoms with Crippen molar-refractivity contribution in [3.8, 4) is 6.07 Å². The third-order valence-electron chi connectivity index (χ3n) is 2.66. The fourth-order valence-corrected chi connectivity index (χ4v) is 1.61. The first-order valence-electron chi connectivity index (χ1n) is 5.82. The highest BCUT2D eigenvalue weighted by molar-refractivity contribution is 5.78. The smallest absolute Gasteiger partial charge is 0.221 e. The molecule has 1 atom stereocenters. The lowest BCUT2D eigenvalue weighted by molar-refractivity contribution is -0.122. The van der Waals surface area contributed by atoms with E-state index >= 15 is 0 Å². The number of amides is 1. The van der Waals surface area contributed by atoms with E-state index in [1.54, 1.807) is 26.0 Å². The third kappa shape index (κ3) is 4.17. The molecule has 0 saturated carbocycles. The second-order valence-corrected chi connectivity index (χ2v) is 4.94. The van der Waals surface area contributed by atoms with Gasteiger partial charge < -0.3 is 5.32 Å². The molecule has 0 aliphatic carbocycles. The molecular weight excluding hydrogens is 231 g/mol. The molecule has 96 valence electrons. The predicted octanol–water partition coefficient (Wildman–Crippen LogP) is 2.74. The van der Waals surface area contributed by atoms with Gasteiger partial charge in [-0.05, 0) is 37.5 Å². The number of halogens is 1. The van der Waals surface area contributed by atoms with Crippen molar-refractivity contribution in [2.75, 3.05) is 0 Å². The molecule has 1 unspecified atom stereocenters. The quantitative estimate of drug-likeness (QED) is 0.890. The molecule has 0 aliphatic rings. The lowest BCUT2D eigenvalue weighted by Gasteiger charge is -2.19. The number of carbonyl (C=O) groups is 1. The van der Waals surface area contributed by atoms with Gasteiger partial charge >= 0.3 is 0 Å². The number of nitrogens with one attached hydrogen (secondary N) is 1. The van der Waals surface area contributed by atoms with Crippen molar-refractivity contribution in [3.63, 3.8) is 0 Å². The maximum absolute atomic E-state index is 12.8. The average molecular weight is 248 g/mol. The minimum absolute atomic E-state index is 0.0138. The molecule has 1 aromatic rings. The van der Waals surface area contributed by atoms with Gasteiger partial charge in [-0.15, -0.1) is 0 Å². The summed E-state index contributed by atoms with van der Waals surface area (Å²) < 4.78 is 12.8. The highest BCUT2D eigenvalue weighted by Crippen LogP contribution is 2.19. The summed E-state index contributed by atoms with van der Waals surface area (Å²) in [4.78, 5) is 11.7. The Kier molecular flexibility index (Phi) is 4.43. The van der Waals surface area contributed by atoms with Gasteiger partial charge in [0.15, 0.2) is 0 Å². The third-order valence-corrected chi connectivity index (χ3v) is 2.66. The first-order chi connectivity index (χ1) is 8.34. The summed E-state index contributed by atoms with van der Waals surface area (Å²) in [6, 6.07) is 8.11. The van der Waals surface area contributed by atoms with E-state index in [4.69, 9.17) is 5.26 Å². The molecule has 1 N–H and O–H groups in total. The van der Waals surface area contributed by atoms with Gasteiger partial charge in [0.2, 0.25) is 5.91 Å². The highest BCUT2D eigenvalue weighted by Gasteiger charge is 2.20. The van der Waals surface area contributed by atoms with Gasteiger partial charge in [0.1, 0.15) is 11.4 Å². The topological polar surface area (TPSA) is 52.9 Å². The van der Waals surface area contributed by atoms with E-state index < -0.39 is 5.54 Å². The van der Waals surface area contributed by atoms with E-state index in [1.807, 2.05) is 13.0 Å². The van der Waals surface area contributed by atoms with Crippen LogP contribution in [-0.4, -0.2) is 11.4 Å². The fourth-order valence-electron chi connectivity index (χ4n) is 1.61. The molecule has 0 aliphatic heterocycles. The molecule has 3 nitrogen and oxygen atoms in total. The van der Waals surface area contributed by atoms with Crippen LogP contribution >= 0.6 is 0 Å². The summed E-state index contributed by atoms with van der Waals surface area (Å²) >= 11 is 0. The number of nitriles is 1. The van der Waals surface area contributed by atoms with Crippen LogP contribution in [0.2, 0.25) is 0 Å². The van der Waals surface area contributed by atoms with Crippen LogP contribution in [0.3, 0.4) is 0 Å². The molecule has 0 heterocycles. The van der Waals surface area contributed by atoms with E-state index in [9.17, 15) is 9.18 Å². The molecule has 1 rings (SSSR count). The molecule has 1 aromatic carbocycles. The van der Waals surface area contributed by atoms with E-state index in [0.29, 0.717) is 0 Å².